The summed E-state index contributed by atoms with van der Waals surface area (Å²) in [5.74, 6) is 1.78. The van der Waals surface area contributed by atoms with Crippen LogP contribution in [-0.2, 0) is 6.42 Å². The number of oxazole rings is 1. The second kappa shape index (κ2) is 5.19. The minimum atomic E-state index is 0.126. The maximum absolute atomic E-state index is 5.83. The molecule has 1 saturated heterocycles. The fourth-order valence-corrected chi connectivity index (χ4v) is 2.56. The van der Waals surface area contributed by atoms with E-state index in [1.807, 2.05) is 13.1 Å². The van der Waals surface area contributed by atoms with Gasteiger partial charge in [0.15, 0.2) is 0 Å². The van der Waals surface area contributed by atoms with Crippen LogP contribution in [0.25, 0.3) is 0 Å². The Bertz CT molecular complexity index is 359. The van der Waals surface area contributed by atoms with Crippen LogP contribution in [0.5, 0.6) is 0 Å². The molecule has 1 aliphatic rings. The van der Waals surface area contributed by atoms with Crippen molar-refractivity contribution in [1.29, 1.82) is 0 Å². The summed E-state index contributed by atoms with van der Waals surface area (Å²) in [5.41, 5.74) is 5.76. The molecule has 2 N–H and O–H groups in total. The minimum absolute atomic E-state index is 0.126. The molecule has 17 heavy (non-hydrogen) atoms. The molecule has 0 spiro atoms. The molecule has 2 heterocycles. The summed E-state index contributed by atoms with van der Waals surface area (Å²) < 4.78 is 5.83. The van der Waals surface area contributed by atoms with Gasteiger partial charge >= 0.3 is 0 Å². The monoisotopic (exact) mass is 237 g/mol. The van der Waals surface area contributed by atoms with Crippen molar-refractivity contribution in [1.82, 2.24) is 9.88 Å². The average Bonchev–Trinajstić information content (AvgIpc) is 2.82. The molecule has 4 heteroatoms. The third-order valence-corrected chi connectivity index (χ3v) is 3.34. The van der Waals surface area contributed by atoms with Crippen LogP contribution < -0.4 is 5.73 Å². The van der Waals surface area contributed by atoms with Crippen molar-refractivity contribution in [3.63, 3.8) is 0 Å². The van der Waals surface area contributed by atoms with Crippen molar-refractivity contribution in [2.45, 2.75) is 58.2 Å². The van der Waals surface area contributed by atoms with E-state index < -0.39 is 0 Å². The largest absolute Gasteiger partial charge is 0.444 e. The van der Waals surface area contributed by atoms with Gasteiger partial charge < -0.3 is 10.2 Å². The Hall–Kier alpha value is -0.870. The number of hydrogen-bond donors (Lipinski definition) is 1. The van der Waals surface area contributed by atoms with Crippen molar-refractivity contribution in [2.75, 3.05) is 6.54 Å². The maximum atomic E-state index is 5.83. The number of nitrogens with two attached hydrogens (primary N) is 1. The molecule has 4 nitrogen and oxygen atoms in total. The summed E-state index contributed by atoms with van der Waals surface area (Å²) in [6, 6.07) is 1.03. The van der Waals surface area contributed by atoms with Gasteiger partial charge in [0.1, 0.15) is 5.76 Å². The Morgan fingerprint density at radius 3 is 2.94 bits per heavy atom. The first kappa shape index (κ1) is 12.6. The molecule has 1 aromatic heterocycles. The molecule has 2 atom stereocenters. The number of likely N-dealkylation sites (tertiary alicyclic amines) is 1. The minimum Gasteiger partial charge on any atom is -0.444 e. The fourth-order valence-electron chi connectivity index (χ4n) is 2.56. The second-order valence-corrected chi connectivity index (χ2v) is 5.34. The third kappa shape index (κ3) is 2.87. The summed E-state index contributed by atoms with van der Waals surface area (Å²) in [6.07, 6.45) is 4.97. The van der Waals surface area contributed by atoms with Gasteiger partial charge in [-0.1, -0.05) is 0 Å². The molecule has 1 aromatic rings. The van der Waals surface area contributed by atoms with E-state index in [1.54, 1.807) is 0 Å². The average molecular weight is 237 g/mol. The summed E-state index contributed by atoms with van der Waals surface area (Å²) >= 11 is 0. The summed E-state index contributed by atoms with van der Waals surface area (Å²) in [5, 5.41) is 0. The molecule has 1 fully saturated rings. The molecular weight excluding hydrogens is 214 g/mol. The summed E-state index contributed by atoms with van der Waals surface area (Å²) in [7, 11) is 0. The number of nitrogens with zero attached hydrogens (tertiary/aromatic N) is 2. The van der Waals surface area contributed by atoms with Gasteiger partial charge in [-0.05, 0) is 40.2 Å². The van der Waals surface area contributed by atoms with Gasteiger partial charge in [0, 0.05) is 18.5 Å². The molecule has 1 aliphatic heterocycles. The first-order valence-corrected chi connectivity index (χ1v) is 6.54. The van der Waals surface area contributed by atoms with Crippen LogP contribution in [0.4, 0.5) is 0 Å². The molecule has 0 radical (unpaired) electrons. The molecule has 0 amide bonds. The quantitative estimate of drug-likeness (QED) is 0.871. The lowest BCUT2D eigenvalue weighted by Gasteiger charge is -2.25. The van der Waals surface area contributed by atoms with Gasteiger partial charge in [0.05, 0.1) is 12.2 Å². The van der Waals surface area contributed by atoms with E-state index in [9.17, 15) is 0 Å². The normalized spacial score (nSPS) is 23.5. The van der Waals surface area contributed by atoms with E-state index in [2.05, 4.69) is 23.7 Å². The van der Waals surface area contributed by atoms with Crippen LogP contribution >= 0.6 is 0 Å². The zero-order valence-corrected chi connectivity index (χ0v) is 11.0. The van der Waals surface area contributed by atoms with Crippen LogP contribution in [0.3, 0.4) is 0 Å². The van der Waals surface area contributed by atoms with Gasteiger partial charge in [-0.2, -0.15) is 0 Å². The predicted octanol–water partition coefficient (Wildman–Crippen LogP) is 2.11. The summed E-state index contributed by atoms with van der Waals surface area (Å²) in [4.78, 5) is 6.88. The molecule has 96 valence electrons. The van der Waals surface area contributed by atoms with Gasteiger partial charge in [-0.3, -0.25) is 4.90 Å². The van der Waals surface area contributed by atoms with Gasteiger partial charge in [-0.15, -0.1) is 0 Å². The Labute approximate surface area is 103 Å². The lowest BCUT2D eigenvalue weighted by molar-refractivity contribution is 0.177. The smallest absolute Gasteiger partial charge is 0.211 e. The van der Waals surface area contributed by atoms with Crippen molar-refractivity contribution in [3.8, 4) is 0 Å². The predicted molar refractivity (Wildman–Crippen MR) is 67.7 cm³/mol. The summed E-state index contributed by atoms with van der Waals surface area (Å²) in [6.45, 7) is 7.58. The Morgan fingerprint density at radius 1 is 1.53 bits per heavy atom. The first-order valence-electron chi connectivity index (χ1n) is 6.54. The standard InChI is InChI=1S/C13H23N3O/c1-9(2)16-6-4-5-12(16)13-15-8-11(17-13)7-10(3)14/h8-10,12H,4-7,14H2,1-3H3. The number of rotatable bonds is 4. The van der Waals surface area contributed by atoms with Crippen molar-refractivity contribution >= 4 is 0 Å². The topological polar surface area (TPSA) is 55.3 Å². The fraction of sp³-hybridized carbons (Fsp3) is 0.769. The number of aromatic nitrogens is 1. The Kier molecular flexibility index (Phi) is 3.84. The molecule has 0 bridgehead atoms. The highest BCUT2D eigenvalue weighted by Gasteiger charge is 2.31. The van der Waals surface area contributed by atoms with Gasteiger partial charge in [0.25, 0.3) is 0 Å². The highest BCUT2D eigenvalue weighted by molar-refractivity contribution is 5.02. The van der Waals surface area contributed by atoms with Crippen LogP contribution in [0.2, 0.25) is 0 Å². The molecule has 2 rings (SSSR count). The van der Waals surface area contributed by atoms with Crippen LogP contribution in [0.15, 0.2) is 10.6 Å². The highest BCUT2D eigenvalue weighted by atomic mass is 16.4. The molecule has 0 aromatic carbocycles. The van der Waals surface area contributed by atoms with Gasteiger partial charge in [0.2, 0.25) is 5.89 Å². The lowest BCUT2D eigenvalue weighted by Crippen LogP contribution is -2.30. The van der Waals surface area contributed by atoms with Crippen LogP contribution in [0.1, 0.15) is 51.3 Å². The second-order valence-electron chi connectivity index (χ2n) is 5.34. The van der Waals surface area contributed by atoms with Crippen molar-refractivity contribution in [3.05, 3.63) is 17.8 Å². The Morgan fingerprint density at radius 2 is 2.29 bits per heavy atom. The van der Waals surface area contributed by atoms with Crippen LogP contribution in [0, 0.1) is 0 Å². The van der Waals surface area contributed by atoms with E-state index in [4.69, 9.17) is 10.2 Å². The van der Waals surface area contributed by atoms with Crippen LogP contribution in [-0.4, -0.2) is 28.5 Å². The van der Waals surface area contributed by atoms with E-state index in [1.165, 1.54) is 6.42 Å². The highest BCUT2D eigenvalue weighted by Crippen LogP contribution is 2.33. The van der Waals surface area contributed by atoms with E-state index in [0.29, 0.717) is 12.1 Å². The Balaban J connectivity index is 2.08. The zero-order valence-electron chi connectivity index (χ0n) is 11.0. The van der Waals surface area contributed by atoms with E-state index >= 15 is 0 Å². The zero-order chi connectivity index (χ0) is 12.4. The third-order valence-electron chi connectivity index (χ3n) is 3.34. The lowest BCUT2D eigenvalue weighted by atomic mass is 10.2. The first-order chi connectivity index (χ1) is 8.08. The van der Waals surface area contributed by atoms with E-state index in [-0.39, 0.29) is 6.04 Å². The number of hydrogen-bond acceptors (Lipinski definition) is 4. The van der Waals surface area contributed by atoms with Gasteiger partial charge in [-0.25, -0.2) is 4.98 Å². The van der Waals surface area contributed by atoms with Crippen molar-refractivity contribution < 1.29 is 4.42 Å². The SMILES string of the molecule is CC(N)Cc1cnc(C2CCCN2C(C)C)o1. The van der Waals surface area contributed by atoms with E-state index in [0.717, 1.165) is 31.0 Å². The molecule has 2 unspecified atom stereocenters. The molecular formula is C13H23N3O. The maximum Gasteiger partial charge on any atom is 0.211 e. The molecule has 0 aliphatic carbocycles. The van der Waals surface area contributed by atoms with Crippen molar-refractivity contribution in [2.24, 2.45) is 5.73 Å². The molecule has 0 saturated carbocycles.